The molecule has 1 saturated carbocycles. The van der Waals surface area contributed by atoms with Crippen LogP contribution in [0.25, 0.3) is 0 Å². The third-order valence-electron chi connectivity index (χ3n) is 5.78. The Morgan fingerprint density at radius 2 is 1.71 bits per heavy atom. The highest BCUT2D eigenvalue weighted by molar-refractivity contribution is 6.04. The van der Waals surface area contributed by atoms with Gasteiger partial charge in [-0.2, -0.15) is 13.2 Å². The second-order valence-electron chi connectivity index (χ2n) is 7.92. The van der Waals surface area contributed by atoms with Gasteiger partial charge in [0.05, 0.1) is 0 Å². The van der Waals surface area contributed by atoms with Crippen LogP contribution < -0.4 is 10.2 Å². The molecule has 3 rings (SSSR count). The van der Waals surface area contributed by atoms with Crippen LogP contribution in [0.3, 0.4) is 0 Å². The summed E-state index contributed by atoms with van der Waals surface area (Å²) in [4.78, 5) is 30.5. The number of carbonyl (C=O) groups excluding carboxylic acids is 2. The van der Waals surface area contributed by atoms with Crippen LogP contribution in [0.15, 0.2) is 42.7 Å². The van der Waals surface area contributed by atoms with E-state index in [0.29, 0.717) is 10.5 Å². The molecular weight excluding hydrogens is 407 g/mol. The van der Waals surface area contributed by atoms with Crippen LogP contribution in [0, 0.1) is 13.8 Å². The maximum Gasteiger partial charge on any atom is 0.471 e. The second-order valence-corrected chi connectivity index (χ2v) is 7.92. The van der Waals surface area contributed by atoms with Crippen molar-refractivity contribution < 1.29 is 22.8 Å². The SMILES string of the molecule is Cc1cccc(N(C(=O)C(F)(F)F)[C@@H](C(=O)NC2CCCCC2)c2ccncc2)c1C. The lowest BCUT2D eigenvalue weighted by molar-refractivity contribution is -0.171. The fraction of sp³-hybridized carbons (Fsp3) is 0.435. The van der Waals surface area contributed by atoms with Gasteiger partial charge in [0, 0.05) is 24.1 Å². The molecule has 31 heavy (non-hydrogen) atoms. The molecule has 1 aromatic carbocycles. The second kappa shape index (κ2) is 9.49. The number of amides is 2. The Hall–Kier alpha value is -2.90. The van der Waals surface area contributed by atoms with Crippen molar-refractivity contribution in [2.45, 2.75) is 64.2 Å². The molecule has 1 aromatic heterocycles. The summed E-state index contributed by atoms with van der Waals surface area (Å²) in [5.74, 6) is -2.71. The summed E-state index contributed by atoms with van der Waals surface area (Å²) in [6, 6.07) is 6.11. The lowest BCUT2D eigenvalue weighted by Gasteiger charge is -2.34. The number of alkyl halides is 3. The number of rotatable bonds is 5. The van der Waals surface area contributed by atoms with Crippen molar-refractivity contribution >= 4 is 17.5 Å². The van der Waals surface area contributed by atoms with Gasteiger partial charge in [0.25, 0.3) is 0 Å². The first kappa shape index (κ1) is 22.8. The van der Waals surface area contributed by atoms with E-state index >= 15 is 0 Å². The van der Waals surface area contributed by atoms with Crippen molar-refractivity contribution in [1.82, 2.24) is 10.3 Å². The molecule has 166 valence electrons. The average Bonchev–Trinajstić information content (AvgIpc) is 2.74. The van der Waals surface area contributed by atoms with Gasteiger partial charge in [-0.25, -0.2) is 0 Å². The lowest BCUT2D eigenvalue weighted by Crippen LogP contribution is -2.51. The minimum atomic E-state index is -5.15. The summed E-state index contributed by atoms with van der Waals surface area (Å²) >= 11 is 0. The smallest absolute Gasteiger partial charge is 0.351 e. The first-order chi connectivity index (χ1) is 14.7. The van der Waals surface area contributed by atoms with Crippen molar-refractivity contribution in [2.75, 3.05) is 4.90 Å². The zero-order valence-electron chi connectivity index (χ0n) is 17.6. The summed E-state index contributed by atoms with van der Waals surface area (Å²) in [5, 5.41) is 2.89. The highest BCUT2D eigenvalue weighted by Crippen LogP contribution is 2.35. The molecule has 1 N–H and O–H groups in total. The first-order valence-electron chi connectivity index (χ1n) is 10.4. The Bertz CT molecular complexity index is 925. The number of pyridine rings is 1. The number of carbonyl (C=O) groups is 2. The van der Waals surface area contributed by atoms with Crippen LogP contribution in [0.2, 0.25) is 0 Å². The third-order valence-corrected chi connectivity index (χ3v) is 5.78. The molecule has 1 atom stereocenters. The molecule has 1 fully saturated rings. The highest BCUT2D eigenvalue weighted by atomic mass is 19.4. The zero-order chi connectivity index (χ0) is 22.6. The molecule has 0 saturated heterocycles. The molecule has 0 aliphatic heterocycles. The van der Waals surface area contributed by atoms with E-state index in [-0.39, 0.29) is 17.3 Å². The molecule has 8 heteroatoms. The number of nitrogens with one attached hydrogen (secondary N) is 1. The molecule has 0 bridgehead atoms. The molecule has 2 aromatic rings. The van der Waals surface area contributed by atoms with Crippen LogP contribution in [-0.4, -0.2) is 29.0 Å². The van der Waals surface area contributed by atoms with Crippen molar-refractivity contribution in [3.8, 4) is 0 Å². The largest absolute Gasteiger partial charge is 0.471 e. The predicted octanol–water partition coefficient (Wildman–Crippen LogP) is 4.78. The van der Waals surface area contributed by atoms with E-state index < -0.39 is 24.0 Å². The molecular formula is C23H26F3N3O2. The minimum absolute atomic E-state index is 0.0583. The number of aryl methyl sites for hydroxylation is 1. The predicted molar refractivity (Wildman–Crippen MR) is 111 cm³/mol. The van der Waals surface area contributed by atoms with Gasteiger partial charge in [-0.05, 0) is 61.6 Å². The van der Waals surface area contributed by atoms with Crippen LogP contribution in [0.4, 0.5) is 18.9 Å². The van der Waals surface area contributed by atoms with Crippen LogP contribution >= 0.6 is 0 Å². The Morgan fingerprint density at radius 1 is 1.06 bits per heavy atom. The van der Waals surface area contributed by atoms with Crippen molar-refractivity contribution in [3.63, 3.8) is 0 Å². The summed E-state index contributed by atoms with van der Waals surface area (Å²) in [7, 11) is 0. The van der Waals surface area contributed by atoms with Crippen LogP contribution in [-0.2, 0) is 9.59 Å². The molecule has 0 radical (unpaired) electrons. The number of benzene rings is 1. The average molecular weight is 433 g/mol. The van der Waals surface area contributed by atoms with Crippen molar-refractivity contribution in [3.05, 3.63) is 59.4 Å². The summed E-state index contributed by atoms with van der Waals surface area (Å²) in [6.07, 6.45) is 2.16. The molecule has 5 nitrogen and oxygen atoms in total. The number of hydrogen-bond donors (Lipinski definition) is 1. The van der Waals surface area contributed by atoms with Gasteiger partial charge in [0.15, 0.2) is 0 Å². The normalized spacial score (nSPS) is 15.9. The van der Waals surface area contributed by atoms with E-state index in [4.69, 9.17) is 0 Å². The molecule has 1 heterocycles. The maximum absolute atomic E-state index is 13.7. The summed E-state index contributed by atoms with van der Waals surface area (Å²) in [6.45, 7) is 3.39. The summed E-state index contributed by atoms with van der Waals surface area (Å²) < 4.78 is 41.0. The summed E-state index contributed by atoms with van der Waals surface area (Å²) in [5.41, 5.74) is 1.55. The number of halogens is 3. The number of hydrogen-bond acceptors (Lipinski definition) is 3. The van der Waals surface area contributed by atoms with Crippen LogP contribution in [0.5, 0.6) is 0 Å². The molecule has 1 aliphatic rings. The van der Waals surface area contributed by atoms with Gasteiger partial charge in [0.2, 0.25) is 5.91 Å². The first-order valence-corrected chi connectivity index (χ1v) is 10.4. The van der Waals surface area contributed by atoms with Crippen LogP contribution in [0.1, 0.15) is 54.8 Å². The number of anilines is 1. The Labute approximate surface area is 179 Å². The highest BCUT2D eigenvalue weighted by Gasteiger charge is 2.48. The van der Waals surface area contributed by atoms with Gasteiger partial charge in [0.1, 0.15) is 6.04 Å². The van der Waals surface area contributed by atoms with E-state index in [0.717, 1.165) is 37.7 Å². The molecule has 0 unspecified atom stereocenters. The Morgan fingerprint density at radius 3 is 2.32 bits per heavy atom. The van der Waals surface area contributed by atoms with E-state index in [9.17, 15) is 22.8 Å². The van der Waals surface area contributed by atoms with Crippen molar-refractivity contribution in [2.24, 2.45) is 0 Å². The fourth-order valence-corrected chi connectivity index (χ4v) is 3.99. The van der Waals surface area contributed by atoms with E-state index in [1.165, 1.54) is 30.6 Å². The van der Waals surface area contributed by atoms with Gasteiger partial charge in [-0.3, -0.25) is 19.5 Å². The third kappa shape index (κ3) is 5.24. The van der Waals surface area contributed by atoms with Gasteiger partial charge >= 0.3 is 12.1 Å². The standard InChI is InChI=1S/C23H26F3N3O2/c1-15-7-6-10-19(16(15)2)29(22(31)23(24,25)26)20(17-11-13-27-14-12-17)21(30)28-18-8-4-3-5-9-18/h6-7,10-14,18,20H,3-5,8-9H2,1-2H3,(H,28,30)/t20-/m1/s1. The monoisotopic (exact) mass is 433 g/mol. The number of aromatic nitrogens is 1. The molecule has 0 spiro atoms. The fourth-order valence-electron chi connectivity index (χ4n) is 3.99. The van der Waals surface area contributed by atoms with Gasteiger partial charge in [-0.15, -0.1) is 0 Å². The quantitative estimate of drug-likeness (QED) is 0.738. The molecule has 1 aliphatic carbocycles. The topological polar surface area (TPSA) is 62.3 Å². The Kier molecular flexibility index (Phi) is 6.97. The van der Waals surface area contributed by atoms with Gasteiger partial charge < -0.3 is 5.32 Å². The van der Waals surface area contributed by atoms with E-state index in [1.807, 2.05) is 0 Å². The van der Waals surface area contributed by atoms with E-state index in [2.05, 4.69) is 10.3 Å². The van der Waals surface area contributed by atoms with E-state index in [1.54, 1.807) is 26.0 Å². The Balaban J connectivity index is 2.11. The lowest BCUT2D eigenvalue weighted by atomic mass is 9.94. The minimum Gasteiger partial charge on any atom is -0.351 e. The molecule has 2 amide bonds. The number of nitrogens with zero attached hydrogens (tertiary/aromatic N) is 2. The van der Waals surface area contributed by atoms with Crippen molar-refractivity contribution in [1.29, 1.82) is 0 Å². The zero-order valence-corrected chi connectivity index (χ0v) is 17.6. The van der Waals surface area contributed by atoms with Gasteiger partial charge in [-0.1, -0.05) is 31.4 Å². The maximum atomic E-state index is 13.7.